The van der Waals surface area contributed by atoms with Crippen molar-refractivity contribution >= 4 is 17.5 Å². The molecule has 2 aromatic rings. The largest absolute Gasteiger partial charge is 0.394 e. The molecule has 2 aliphatic rings. The number of nitrogens with two attached hydrogens (primary N) is 1. The van der Waals surface area contributed by atoms with Crippen molar-refractivity contribution in [3.05, 3.63) is 36.5 Å². The molecule has 4 rings (SSSR count). The van der Waals surface area contributed by atoms with Crippen molar-refractivity contribution in [1.29, 1.82) is 0 Å². The summed E-state index contributed by atoms with van der Waals surface area (Å²) in [7, 11) is 0. The summed E-state index contributed by atoms with van der Waals surface area (Å²) >= 11 is 0. The van der Waals surface area contributed by atoms with Gasteiger partial charge in [-0.15, -0.1) is 5.10 Å². The van der Waals surface area contributed by atoms with E-state index in [-0.39, 0.29) is 6.03 Å². The minimum atomic E-state index is -0.143. The number of ether oxygens (including phenoxy) is 1. The van der Waals surface area contributed by atoms with Crippen molar-refractivity contribution in [3.8, 4) is 5.69 Å². The second-order valence-electron chi connectivity index (χ2n) is 6.62. The number of hydrogen-bond acceptors (Lipinski definition) is 4. The molecule has 1 aromatic heterocycles. The molecular formula is C17H21N5O2. The lowest BCUT2D eigenvalue weighted by atomic mass is 9.77. The van der Waals surface area contributed by atoms with E-state index >= 15 is 0 Å². The zero-order valence-corrected chi connectivity index (χ0v) is 13.4. The number of carbonyl (C=O) groups excluding carboxylic acids is 1. The molecule has 1 aromatic carbocycles. The SMILES string of the molecule is Nc1cn(-c2ccccc2)nc1NC(=O)N1CCC2(CC1)COC2. The molecule has 126 valence electrons. The lowest BCUT2D eigenvalue weighted by Gasteiger charge is -2.47. The number of hydrogen-bond donors (Lipinski definition) is 2. The molecule has 7 nitrogen and oxygen atoms in total. The van der Waals surface area contributed by atoms with Gasteiger partial charge in [0.05, 0.1) is 30.8 Å². The zero-order chi connectivity index (χ0) is 16.6. The summed E-state index contributed by atoms with van der Waals surface area (Å²) in [5.74, 6) is 0.399. The summed E-state index contributed by atoms with van der Waals surface area (Å²) in [6.45, 7) is 3.15. The van der Waals surface area contributed by atoms with Crippen LogP contribution < -0.4 is 11.1 Å². The van der Waals surface area contributed by atoms with Gasteiger partial charge in [0, 0.05) is 18.5 Å². The predicted molar refractivity (Wildman–Crippen MR) is 91.1 cm³/mol. The fourth-order valence-electron chi connectivity index (χ4n) is 3.24. The second-order valence-corrected chi connectivity index (χ2v) is 6.62. The number of aromatic nitrogens is 2. The average Bonchev–Trinajstić information content (AvgIpc) is 2.95. The van der Waals surface area contributed by atoms with Gasteiger partial charge in [-0.2, -0.15) is 0 Å². The number of piperidine rings is 1. The molecule has 2 fully saturated rings. The van der Waals surface area contributed by atoms with Gasteiger partial charge in [-0.05, 0) is 25.0 Å². The highest BCUT2D eigenvalue weighted by Crippen LogP contribution is 2.38. The highest BCUT2D eigenvalue weighted by Gasteiger charge is 2.42. The lowest BCUT2D eigenvalue weighted by molar-refractivity contribution is -0.135. The molecule has 0 bridgehead atoms. The number of rotatable bonds is 2. The third-order valence-electron chi connectivity index (χ3n) is 4.92. The number of amides is 2. The molecule has 2 saturated heterocycles. The number of carbonyl (C=O) groups is 1. The molecule has 7 heteroatoms. The van der Waals surface area contributed by atoms with Crippen LogP contribution in [0.4, 0.5) is 16.3 Å². The third-order valence-corrected chi connectivity index (χ3v) is 4.92. The number of nitrogen functional groups attached to an aromatic ring is 1. The van der Waals surface area contributed by atoms with E-state index in [1.165, 1.54) is 0 Å². The van der Waals surface area contributed by atoms with Crippen LogP contribution in [0.15, 0.2) is 36.5 Å². The van der Waals surface area contributed by atoms with Gasteiger partial charge >= 0.3 is 6.03 Å². The Balaban J connectivity index is 1.42. The molecule has 2 amide bonds. The van der Waals surface area contributed by atoms with Gasteiger partial charge in [0.1, 0.15) is 0 Å². The number of urea groups is 1. The Hall–Kier alpha value is -2.54. The van der Waals surface area contributed by atoms with Crippen LogP contribution in [-0.2, 0) is 4.74 Å². The molecule has 0 unspecified atom stereocenters. The number of para-hydroxylation sites is 1. The van der Waals surface area contributed by atoms with Crippen LogP contribution in [-0.4, -0.2) is 47.0 Å². The van der Waals surface area contributed by atoms with Crippen molar-refractivity contribution in [2.24, 2.45) is 5.41 Å². The fraction of sp³-hybridized carbons (Fsp3) is 0.412. The molecular weight excluding hydrogens is 306 g/mol. The van der Waals surface area contributed by atoms with E-state index < -0.39 is 0 Å². The van der Waals surface area contributed by atoms with E-state index in [9.17, 15) is 4.79 Å². The molecule has 0 atom stereocenters. The number of nitrogens with zero attached hydrogens (tertiary/aromatic N) is 3. The van der Waals surface area contributed by atoms with Gasteiger partial charge in [-0.25, -0.2) is 9.48 Å². The van der Waals surface area contributed by atoms with E-state index in [2.05, 4.69) is 10.4 Å². The molecule has 1 spiro atoms. The first-order valence-corrected chi connectivity index (χ1v) is 8.20. The molecule has 0 saturated carbocycles. The van der Waals surface area contributed by atoms with Gasteiger partial charge in [-0.1, -0.05) is 18.2 Å². The third kappa shape index (κ3) is 2.71. The first kappa shape index (κ1) is 15.0. The summed E-state index contributed by atoms with van der Waals surface area (Å²) in [4.78, 5) is 14.3. The van der Waals surface area contributed by atoms with E-state index in [1.54, 1.807) is 10.9 Å². The first-order chi connectivity index (χ1) is 11.7. The maximum absolute atomic E-state index is 12.5. The van der Waals surface area contributed by atoms with Gasteiger partial charge in [0.15, 0.2) is 5.82 Å². The van der Waals surface area contributed by atoms with Crippen LogP contribution in [0.25, 0.3) is 5.69 Å². The Morgan fingerprint density at radius 1 is 1.21 bits per heavy atom. The van der Waals surface area contributed by atoms with Crippen LogP contribution in [0.5, 0.6) is 0 Å². The fourth-order valence-corrected chi connectivity index (χ4v) is 3.24. The van der Waals surface area contributed by atoms with E-state index in [0.717, 1.165) is 44.8 Å². The lowest BCUT2D eigenvalue weighted by Crippen LogP contribution is -2.52. The quantitative estimate of drug-likeness (QED) is 0.884. The van der Waals surface area contributed by atoms with E-state index in [1.807, 2.05) is 35.2 Å². The molecule has 0 aliphatic carbocycles. The molecule has 3 N–H and O–H groups in total. The molecule has 3 heterocycles. The molecule has 0 radical (unpaired) electrons. The number of nitrogens with one attached hydrogen (secondary N) is 1. The van der Waals surface area contributed by atoms with Crippen LogP contribution in [0.1, 0.15) is 12.8 Å². The summed E-state index contributed by atoms with van der Waals surface area (Å²) in [6, 6.07) is 9.52. The zero-order valence-electron chi connectivity index (χ0n) is 13.4. The standard InChI is InChI=1S/C17H21N5O2/c18-14-10-22(13-4-2-1-3-5-13)20-15(14)19-16(23)21-8-6-17(7-9-21)11-24-12-17/h1-5,10H,6-9,11-12,18H2,(H,19,20,23). The molecule has 2 aliphatic heterocycles. The Morgan fingerprint density at radius 2 is 1.92 bits per heavy atom. The van der Waals surface area contributed by atoms with Crippen LogP contribution in [0, 0.1) is 5.41 Å². The minimum Gasteiger partial charge on any atom is -0.394 e. The topological polar surface area (TPSA) is 85.4 Å². The van der Waals surface area contributed by atoms with Crippen molar-refractivity contribution in [3.63, 3.8) is 0 Å². The summed E-state index contributed by atoms with van der Waals surface area (Å²) in [6.07, 6.45) is 3.70. The van der Waals surface area contributed by atoms with Crippen LogP contribution in [0.2, 0.25) is 0 Å². The first-order valence-electron chi connectivity index (χ1n) is 8.20. The highest BCUT2D eigenvalue weighted by atomic mass is 16.5. The predicted octanol–water partition coefficient (Wildman–Crippen LogP) is 2.10. The van der Waals surface area contributed by atoms with E-state index in [0.29, 0.717) is 16.9 Å². The minimum absolute atomic E-state index is 0.143. The van der Waals surface area contributed by atoms with Crippen molar-refractivity contribution < 1.29 is 9.53 Å². The van der Waals surface area contributed by atoms with Gasteiger partial charge in [0.2, 0.25) is 0 Å². The maximum atomic E-state index is 12.5. The van der Waals surface area contributed by atoms with Gasteiger partial charge in [0.25, 0.3) is 0 Å². The average molecular weight is 327 g/mol. The van der Waals surface area contributed by atoms with Crippen molar-refractivity contribution in [2.75, 3.05) is 37.4 Å². The normalized spacial score (nSPS) is 19.1. The second kappa shape index (κ2) is 5.83. The Labute approximate surface area is 140 Å². The number of benzene rings is 1. The van der Waals surface area contributed by atoms with Gasteiger partial charge < -0.3 is 15.4 Å². The smallest absolute Gasteiger partial charge is 0.323 e. The van der Waals surface area contributed by atoms with Crippen molar-refractivity contribution in [1.82, 2.24) is 14.7 Å². The number of likely N-dealkylation sites (tertiary alicyclic amines) is 1. The van der Waals surface area contributed by atoms with E-state index in [4.69, 9.17) is 10.5 Å². The summed E-state index contributed by atoms with van der Waals surface area (Å²) in [5, 5.41) is 7.22. The summed E-state index contributed by atoms with van der Waals surface area (Å²) < 4.78 is 6.99. The Kier molecular flexibility index (Phi) is 3.65. The Bertz CT molecular complexity index is 729. The van der Waals surface area contributed by atoms with Crippen molar-refractivity contribution in [2.45, 2.75) is 12.8 Å². The Morgan fingerprint density at radius 3 is 2.54 bits per heavy atom. The van der Waals surface area contributed by atoms with Crippen LogP contribution >= 0.6 is 0 Å². The monoisotopic (exact) mass is 327 g/mol. The maximum Gasteiger partial charge on any atom is 0.323 e. The highest BCUT2D eigenvalue weighted by molar-refractivity contribution is 5.91. The van der Waals surface area contributed by atoms with Gasteiger partial charge in [-0.3, -0.25) is 5.32 Å². The summed E-state index contributed by atoms with van der Waals surface area (Å²) in [5.41, 5.74) is 7.66. The van der Waals surface area contributed by atoms with Crippen LogP contribution in [0.3, 0.4) is 0 Å². The number of anilines is 2. The molecule has 24 heavy (non-hydrogen) atoms.